The third-order valence-electron chi connectivity index (χ3n) is 4.04. The first-order valence-electron chi connectivity index (χ1n) is 8.30. The minimum absolute atomic E-state index is 0.120. The number of aliphatic imine (C=N–C) groups is 1. The Balaban J connectivity index is 1.53. The molecule has 0 bridgehead atoms. The van der Waals surface area contributed by atoms with Crippen molar-refractivity contribution in [3.8, 4) is 11.8 Å². The van der Waals surface area contributed by atoms with Crippen LogP contribution in [-0.4, -0.2) is 54.2 Å². The summed E-state index contributed by atoms with van der Waals surface area (Å²) in [5.41, 5.74) is 1.09. The Morgan fingerprint density at radius 2 is 2.16 bits per heavy atom. The van der Waals surface area contributed by atoms with Gasteiger partial charge in [0.15, 0.2) is 5.96 Å². The van der Waals surface area contributed by atoms with Crippen LogP contribution in [-0.2, 0) is 6.54 Å². The van der Waals surface area contributed by atoms with E-state index in [0.29, 0.717) is 18.3 Å². The third kappa shape index (κ3) is 4.59. The maximum atomic E-state index is 5.93. The molecule has 0 saturated carbocycles. The van der Waals surface area contributed by atoms with Gasteiger partial charge >= 0.3 is 0 Å². The Kier molecular flexibility index (Phi) is 5.66. The van der Waals surface area contributed by atoms with Gasteiger partial charge in [-0.1, -0.05) is 6.07 Å². The van der Waals surface area contributed by atoms with E-state index in [0.717, 1.165) is 31.0 Å². The van der Waals surface area contributed by atoms with Crippen LogP contribution in [0.15, 0.2) is 47.7 Å². The van der Waals surface area contributed by atoms with Gasteiger partial charge < -0.3 is 19.7 Å². The maximum absolute atomic E-state index is 5.93. The second kappa shape index (κ2) is 8.32. The third-order valence-corrected chi connectivity index (χ3v) is 4.04. The molecule has 3 rings (SSSR count). The Hall–Kier alpha value is -2.83. The number of pyridine rings is 2. The monoisotopic (exact) mass is 341 g/mol. The van der Waals surface area contributed by atoms with E-state index in [1.54, 1.807) is 26.6 Å². The zero-order chi connectivity index (χ0) is 17.5. The summed E-state index contributed by atoms with van der Waals surface area (Å²) >= 11 is 0. The van der Waals surface area contributed by atoms with Crippen LogP contribution >= 0.6 is 0 Å². The first-order chi connectivity index (χ1) is 12.3. The minimum atomic E-state index is 0.120. The fraction of sp³-hybridized carbons (Fsp3) is 0.389. The van der Waals surface area contributed by atoms with E-state index in [9.17, 15) is 0 Å². The molecule has 0 radical (unpaired) electrons. The molecule has 2 aromatic heterocycles. The number of methoxy groups -OCH3 is 1. The van der Waals surface area contributed by atoms with E-state index < -0.39 is 0 Å². The molecule has 1 N–H and O–H groups in total. The van der Waals surface area contributed by atoms with Crippen molar-refractivity contribution < 1.29 is 9.47 Å². The second-order valence-corrected chi connectivity index (χ2v) is 5.75. The van der Waals surface area contributed by atoms with Gasteiger partial charge in [0.2, 0.25) is 11.8 Å². The predicted molar refractivity (Wildman–Crippen MR) is 95.8 cm³/mol. The minimum Gasteiger partial charge on any atom is -0.481 e. The van der Waals surface area contributed by atoms with Crippen LogP contribution in [0, 0.1) is 0 Å². The number of guanidine groups is 1. The van der Waals surface area contributed by atoms with Crippen molar-refractivity contribution in [2.45, 2.75) is 19.1 Å². The van der Waals surface area contributed by atoms with Gasteiger partial charge in [0.05, 0.1) is 13.7 Å². The van der Waals surface area contributed by atoms with Gasteiger partial charge in [-0.05, 0) is 17.7 Å². The molecule has 3 heterocycles. The maximum Gasteiger partial charge on any atom is 0.213 e. The van der Waals surface area contributed by atoms with Gasteiger partial charge in [-0.25, -0.2) is 9.97 Å². The lowest BCUT2D eigenvalue weighted by molar-refractivity contribution is 0.205. The highest BCUT2D eigenvalue weighted by Crippen LogP contribution is 2.16. The van der Waals surface area contributed by atoms with Gasteiger partial charge in [0, 0.05) is 51.1 Å². The lowest BCUT2D eigenvalue weighted by Gasteiger charge is -2.21. The molecule has 2 aromatic rings. The summed E-state index contributed by atoms with van der Waals surface area (Å²) in [6.45, 7) is 2.35. The molecule has 0 aliphatic carbocycles. The van der Waals surface area contributed by atoms with Crippen LogP contribution < -0.4 is 14.8 Å². The zero-order valence-electron chi connectivity index (χ0n) is 14.6. The lowest BCUT2D eigenvalue weighted by atomic mass is 10.2. The van der Waals surface area contributed by atoms with Crippen LogP contribution in [0.4, 0.5) is 0 Å². The predicted octanol–water partition coefficient (Wildman–Crippen LogP) is 1.71. The summed E-state index contributed by atoms with van der Waals surface area (Å²) in [6.07, 6.45) is 4.55. The number of hydrogen-bond donors (Lipinski definition) is 1. The standard InChI is InChI=1S/C18H23N5O2/c1-19-18(22-12-14-6-9-21-17(11-14)24-2)23-10-7-15(13-23)25-16-5-3-4-8-20-16/h3-6,8-9,11,15H,7,10,12-13H2,1-2H3,(H,19,22). The summed E-state index contributed by atoms with van der Waals surface area (Å²) in [5, 5.41) is 3.38. The van der Waals surface area contributed by atoms with Crippen molar-refractivity contribution in [2.24, 2.45) is 4.99 Å². The molecule has 0 spiro atoms. The first-order valence-corrected chi connectivity index (χ1v) is 8.30. The number of aromatic nitrogens is 2. The van der Waals surface area contributed by atoms with E-state index in [1.807, 2.05) is 30.3 Å². The number of rotatable bonds is 5. The quantitative estimate of drug-likeness (QED) is 0.659. The highest BCUT2D eigenvalue weighted by atomic mass is 16.5. The largest absolute Gasteiger partial charge is 0.481 e. The highest BCUT2D eigenvalue weighted by Gasteiger charge is 2.26. The van der Waals surface area contributed by atoms with Crippen molar-refractivity contribution in [3.05, 3.63) is 48.3 Å². The van der Waals surface area contributed by atoms with Crippen LogP contribution in [0.3, 0.4) is 0 Å². The second-order valence-electron chi connectivity index (χ2n) is 5.75. The summed E-state index contributed by atoms with van der Waals surface area (Å²) in [4.78, 5) is 14.9. The van der Waals surface area contributed by atoms with E-state index in [-0.39, 0.29) is 6.10 Å². The first kappa shape index (κ1) is 17.0. The molecule has 1 atom stereocenters. The number of hydrogen-bond acceptors (Lipinski definition) is 5. The molecule has 1 aliphatic rings. The van der Waals surface area contributed by atoms with E-state index in [1.165, 1.54) is 0 Å². The average molecular weight is 341 g/mol. The summed E-state index contributed by atoms with van der Waals surface area (Å²) < 4.78 is 11.1. The zero-order valence-corrected chi connectivity index (χ0v) is 14.6. The van der Waals surface area contributed by atoms with Gasteiger partial charge in [-0.15, -0.1) is 0 Å². The normalized spacial score (nSPS) is 17.4. The number of nitrogens with one attached hydrogen (secondary N) is 1. The summed E-state index contributed by atoms with van der Waals surface area (Å²) in [6, 6.07) is 9.57. The van der Waals surface area contributed by atoms with E-state index in [2.05, 4.69) is 25.2 Å². The fourth-order valence-corrected chi connectivity index (χ4v) is 2.79. The number of ether oxygens (including phenoxy) is 2. The smallest absolute Gasteiger partial charge is 0.213 e. The van der Waals surface area contributed by atoms with Crippen molar-refractivity contribution in [3.63, 3.8) is 0 Å². The molecular weight excluding hydrogens is 318 g/mol. The van der Waals surface area contributed by atoms with Crippen molar-refractivity contribution in [1.29, 1.82) is 0 Å². The van der Waals surface area contributed by atoms with Gasteiger partial charge in [-0.3, -0.25) is 4.99 Å². The molecule has 132 valence electrons. The summed E-state index contributed by atoms with van der Waals surface area (Å²) in [7, 11) is 3.41. The van der Waals surface area contributed by atoms with Crippen LogP contribution in [0.5, 0.6) is 11.8 Å². The molecule has 1 saturated heterocycles. The molecule has 1 unspecified atom stereocenters. The highest BCUT2D eigenvalue weighted by molar-refractivity contribution is 5.80. The Bertz CT molecular complexity index is 708. The number of likely N-dealkylation sites (tertiary alicyclic amines) is 1. The molecule has 7 nitrogen and oxygen atoms in total. The molecule has 0 amide bonds. The summed E-state index contributed by atoms with van der Waals surface area (Å²) in [5.74, 6) is 2.14. The lowest BCUT2D eigenvalue weighted by Crippen LogP contribution is -2.40. The van der Waals surface area contributed by atoms with E-state index in [4.69, 9.17) is 9.47 Å². The number of nitrogens with zero attached hydrogens (tertiary/aromatic N) is 4. The van der Waals surface area contributed by atoms with Crippen LogP contribution in [0.2, 0.25) is 0 Å². The molecule has 1 aliphatic heterocycles. The Morgan fingerprint density at radius 3 is 2.92 bits per heavy atom. The van der Waals surface area contributed by atoms with E-state index >= 15 is 0 Å². The average Bonchev–Trinajstić information content (AvgIpc) is 3.11. The topological polar surface area (TPSA) is 71.9 Å². The fourth-order valence-electron chi connectivity index (χ4n) is 2.79. The SMILES string of the molecule is CN=C(NCc1ccnc(OC)c1)N1CCC(Oc2ccccn2)C1. The molecule has 1 fully saturated rings. The van der Waals surface area contributed by atoms with Crippen LogP contribution in [0.1, 0.15) is 12.0 Å². The molecule has 7 heteroatoms. The van der Waals surface area contributed by atoms with Crippen molar-refractivity contribution in [1.82, 2.24) is 20.2 Å². The van der Waals surface area contributed by atoms with Gasteiger partial charge in [0.25, 0.3) is 0 Å². The Labute approximate surface area is 147 Å². The van der Waals surface area contributed by atoms with Gasteiger partial charge in [-0.2, -0.15) is 0 Å². The van der Waals surface area contributed by atoms with Gasteiger partial charge in [0.1, 0.15) is 6.10 Å². The van der Waals surface area contributed by atoms with Crippen molar-refractivity contribution >= 4 is 5.96 Å². The van der Waals surface area contributed by atoms with Crippen molar-refractivity contribution in [2.75, 3.05) is 27.2 Å². The Morgan fingerprint density at radius 1 is 1.28 bits per heavy atom. The molecule has 0 aromatic carbocycles. The molecule has 25 heavy (non-hydrogen) atoms. The van der Waals surface area contributed by atoms with Crippen LogP contribution in [0.25, 0.3) is 0 Å². The molecular formula is C18H23N5O2.